The standard InChI is InChI=1S/C14H10O2S/c15-10-6-7-12-14(11(16)8-17-12)13(10)9-4-2-1-3-5-9/h1-8,15-16H. The summed E-state index contributed by atoms with van der Waals surface area (Å²) in [5, 5.41) is 22.3. The molecule has 0 aliphatic rings. The average Bonchev–Trinajstić information content (AvgIpc) is 2.73. The second kappa shape index (κ2) is 3.79. The van der Waals surface area contributed by atoms with E-state index < -0.39 is 0 Å². The number of thiophene rings is 1. The third-order valence-electron chi connectivity index (χ3n) is 2.76. The van der Waals surface area contributed by atoms with Crippen LogP contribution in [0.4, 0.5) is 0 Å². The largest absolute Gasteiger partial charge is 0.507 e. The minimum Gasteiger partial charge on any atom is -0.507 e. The van der Waals surface area contributed by atoms with E-state index in [0.29, 0.717) is 5.56 Å². The Kier molecular flexibility index (Phi) is 2.27. The van der Waals surface area contributed by atoms with Crippen molar-refractivity contribution in [3.63, 3.8) is 0 Å². The van der Waals surface area contributed by atoms with Gasteiger partial charge in [-0.2, -0.15) is 0 Å². The first-order valence-corrected chi connectivity index (χ1v) is 6.13. The third kappa shape index (κ3) is 1.56. The van der Waals surface area contributed by atoms with Crippen LogP contribution in [0.1, 0.15) is 0 Å². The predicted octanol–water partition coefficient (Wildman–Crippen LogP) is 3.98. The molecule has 2 N–H and O–H groups in total. The number of phenols is 1. The van der Waals surface area contributed by atoms with Gasteiger partial charge in [-0.3, -0.25) is 0 Å². The van der Waals surface area contributed by atoms with Gasteiger partial charge in [0.05, 0.1) is 0 Å². The molecule has 2 nitrogen and oxygen atoms in total. The number of rotatable bonds is 1. The molecule has 1 heterocycles. The van der Waals surface area contributed by atoms with E-state index in [9.17, 15) is 10.2 Å². The van der Waals surface area contributed by atoms with Crippen LogP contribution in [0.25, 0.3) is 21.2 Å². The van der Waals surface area contributed by atoms with E-state index >= 15 is 0 Å². The molecule has 0 aliphatic carbocycles. The Hall–Kier alpha value is -2.00. The lowest BCUT2D eigenvalue weighted by Gasteiger charge is -2.07. The Balaban J connectivity index is 2.42. The molecule has 0 saturated heterocycles. The van der Waals surface area contributed by atoms with Gasteiger partial charge in [0.1, 0.15) is 11.5 Å². The molecular formula is C14H10O2S. The van der Waals surface area contributed by atoms with Crippen molar-refractivity contribution in [2.75, 3.05) is 0 Å². The second-order valence-corrected chi connectivity index (χ2v) is 4.73. The predicted molar refractivity (Wildman–Crippen MR) is 70.6 cm³/mol. The molecule has 1 aromatic heterocycles. The van der Waals surface area contributed by atoms with Gasteiger partial charge in [0.2, 0.25) is 0 Å². The number of hydrogen-bond acceptors (Lipinski definition) is 3. The van der Waals surface area contributed by atoms with E-state index in [1.165, 1.54) is 11.3 Å². The third-order valence-corrected chi connectivity index (χ3v) is 3.70. The van der Waals surface area contributed by atoms with Crippen molar-refractivity contribution < 1.29 is 10.2 Å². The Morgan fingerprint density at radius 1 is 0.824 bits per heavy atom. The van der Waals surface area contributed by atoms with Crippen molar-refractivity contribution in [3.05, 3.63) is 47.8 Å². The van der Waals surface area contributed by atoms with Gasteiger partial charge in [-0.1, -0.05) is 30.3 Å². The normalized spacial score (nSPS) is 10.8. The van der Waals surface area contributed by atoms with Crippen LogP contribution in [0, 0.1) is 0 Å². The number of fused-ring (bicyclic) bond motifs is 1. The topological polar surface area (TPSA) is 40.5 Å². The van der Waals surface area contributed by atoms with Gasteiger partial charge < -0.3 is 10.2 Å². The summed E-state index contributed by atoms with van der Waals surface area (Å²) in [7, 11) is 0. The van der Waals surface area contributed by atoms with E-state index in [4.69, 9.17) is 0 Å². The SMILES string of the molecule is Oc1ccc2scc(O)c2c1-c1ccccc1. The summed E-state index contributed by atoms with van der Waals surface area (Å²) in [6.07, 6.45) is 0. The van der Waals surface area contributed by atoms with Gasteiger partial charge >= 0.3 is 0 Å². The molecule has 0 radical (unpaired) electrons. The van der Waals surface area contributed by atoms with Crippen molar-refractivity contribution in [3.8, 4) is 22.6 Å². The minimum atomic E-state index is 0.192. The van der Waals surface area contributed by atoms with E-state index in [1.54, 1.807) is 11.4 Å². The first-order valence-electron chi connectivity index (χ1n) is 5.25. The molecule has 0 fully saturated rings. The van der Waals surface area contributed by atoms with Gasteiger partial charge in [-0.25, -0.2) is 0 Å². The van der Waals surface area contributed by atoms with E-state index in [1.807, 2.05) is 36.4 Å². The fourth-order valence-corrected chi connectivity index (χ4v) is 2.83. The second-order valence-electron chi connectivity index (χ2n) is 3.82. The lowest BCUT2D eigenvalue weighted by atomic mass is 10.0. The zero-order chi connectivity index (χ0) is 11.8. The molecule has 17 heavy (non-hydrogen) atoms. The summed E-state index contributed by atoms with van der Waals surface area (Å²) in [6.45, 7) is 0. The molecule has 0 amide bonds. The molecule has 3 rings (SSSR count). The zero-order valence-corrected chi connectivity index (χ0v) is 9.74. The maximum atomic E-state index is 10.00. The van der Waals surface area contributed by atoms with Crippen LogP contribution in [-0.4, -0.2) is 10.2 Å². The monoisotopic (exact) mass is 242 g/mol. The maximum absolute atomic E-state index is 10.00. The van der Waals surface area contributed by atoms with Crippen LogP contribution in [-0.2, 0) is 0 Å². The minimum absolute atomic E-state index is 0.192. The lowest BCUT2D eigenvalue weighted by molar-refractivity contribution is 0.474. The fraction of sp³-hybridized carbons (Fsp3) is 0. The molecule has 0 spiro atoms. The van der Waals surface area contributed by atoms with E-state index in [-0.39, 0.29) is 11.5 Å². The van der Waals surface area contributed by atoms with Crippen LogP contribution in [0.15, 0.2) is 47.8 Å². The summed E-state index contributed by atoms with van der Waals surface area (Å²) in [6, 6.07) is 13.1. The zero-order valence-electron chi connectivity index (χ0n) is 8.92. The van der Waals surface area contributed by atoms with Gasteiger partial charge in [-0.05, 0) is 17.7 Å². The number of aromatic hydroxyl groups is 2. The number of hydrogen-bond donors (Lipinski definition) is 2. The molecule has 0 aliphatic heterocycles. The Morgan fingerprint density at radius 2 is 1.59 bits per heavy atom. The van der Waals surface area contributed by atoms with Crippen molar-refractivity contribution >= 4 is 21.4 Å². The van der Waals surface area contributed by atoms with E-state index in [2.05, 4.69) is 0 Å². The first-order chi connectivity index (χ1) is 8.27. The highest BCUT2D eigenvalue weighted by Gasteiger charge is 2.13. The van der Waals surface area contributed by atoms with Gasteiger partial charge in [-0.15, -0.1) is 11.3 Å². The summed E-state index contributed by atoms with van der Waals surface area (Å²) >= 11 is 1.47. The molecular weight excluding hydrogens is 232 g/mol. The molecule has 2 aromatic carbocycles. The fourth-order valence-electron chi connectivity index (χ4n) is 2.00. The maximum Gasteiger partial charge on any atom is 0.134 e. The molecule has 0 bridgehead atoms. The van der Waals surface area contributed by atoms with Crippen molar-refractivity contribution in [1.82, 2.24) is 0 Å². The quantitative estimate of drug-likeness (QED) is 0.677. The van der Waals surface area contributed by atoms with Gasteiger partial charge in [0.25, 0.3) is 0 Å². The van der Waals surface area contributed by atoms with Crippen LogP contribution >= 0.6 is 11.3 Å². The highest BCUT2D eigenvalue weighted by atomic mass is 32.1. The van der Waals surface area contributed by atoms with Crippen molar-refractivity contribution in [2.45, 2.75) is 0 Å². The highest BCUT2D eigenvalue weighted by molar-refractivity contribution is 7.17. The first kappa shape index (κ1) is 10.2. The van der Waals surface area contributed by atoms with Crippen LogP contribution in [0.5, 0.6) is 11.5 Å². The average molecular weight is 242 g/mol. The smallest absolute Gasteiger partial charge is 0.134 e. The summed E-state index contributed by atoms with van der Waals surface area (Å²) in [5.74, 6) is 0.414. The van der Waals surface area contributed by atoms with Crippen molar-refractivity contribution in [2.24, 2.45) is 0 Å². The molecule has 3 heteroatoms. The van der Waals surface area contributed by atoms with Gasteiger partial charge in [0.15, 0.2) is 0 Å². The summed E-state index contributed by atoms with van der Waals surface area (Å²) < 4.78 is 0.971. The van der Waals surface area contributed by atoms with E-state index in [0.717, 1.165) is 15.6 Å². The lowest BCUT2D eigenvalue weighted by Crippen LogP contribution is -1.80. The van der Waals surface area contributed by atoms with Crippen LogP contribution in [0.2, 0.25) is 0 Å². The molecule has 0 saturated carbocycles. The molecule has 0 atom stereocenters. The molecule has 3 aromatic rings. The number of benzene rings is 2. The van der Waals surface area contributed by atoms with Crippen LogP contribution < -0.4 is 0 Å². The molecule has 0 unspecified atom stereocenters. The Bertz CT molecular complexity index is 671. The molecule has 84 valence electrons. The summed E-state index contributed by atoms with van der Waals surface area (Å²) in [5.41, 5.74) is 1.60. The highest BCUT2D eigenvalue weighted by Crippen LogP contribution is 2.43. The Morgan fingerprint density at radius 3 is 2.35 bits per heavy atom. The Labute approximate surface area is 102 Å². The van der Waals surface area contributed by atoms with Gasteiger partial charge in [0, 0.05) is 21.0 Å². The number of phenolic OH excluding ortho intramolecular Hbond substituents is 1. The summed E-state index contributed by atoms with van der Waals surface area (Å²) in [4.78, 5) is 0. The van der Waals surface area contributed by atoms with Crippen LogP contribution in [0.3, 0.4) is 0 Å². The van der Waals surface area contributed by atoms with Crippen molar-refractivity contribution in [1.29, 1.82) is 0 Å².